The molecule has 1 aromatic heterocycles. The summed E-state index contributed by atoms with van der Waals surface area (Å²) in [7, 11) is 3.29. The molecule has 2 atom stereocenters. The van der Waals surface area contributed by atoms with Gasteiger partial charge in [0.05, 0.1) is 19.1 Å². The molecule has 38 heavy (non-hydrogen) atoms. The molecule has 3 aromatic rings. The van der Waals surface area contributed by atoms with Crippen molar-refractivity contribution in [2.45, 2.75) is 37.5 Å². The van der Waals surface area contributed by atoms with E-state index in [1.54, 1.807) is 26.5 Å². The lowest BCUT2D eigenvalue weighted by atomic mass is 9.81. The van der Waals surface area contributed by atoms with Gasteiger partial charge in [0.1, 0.15) is 11.6 Å². The molecule has 8 nitrogen and oxygen atoms in total. The lowest BCUT2D eigenvalue weighted by molar-refractivity contribution is -0.118. The van der Waals surface area contributed by atoms with Crippen LogP contribution in [0.3, 0.4) is 0 Å². The molecule has 198 valence electrons. The van der Waals surface area contributed by atoms with Crippen molar-refractivity contribution >= 4 is 17.4 Å². The van der Waals surface area contributed by atoms with Crippen LogP contribution in [0.4, 0.5) is 5.82 Å². The van der Waals surface area contributed by atoms with Gasteiger partial charge in [-0.25, -0.2) is 4.98 Å². The molecule has 8 heteroatoms. The number of anilines is 1. The summed E-state index contributed by atoms with van der Waals surface area (Å²) in [5.41, 5.74) is 2.71. The number of hydrogen-bond acceptors (Lipinski definition) is 7. The highest BCUT2D eigenvalue weighted by Crippen LogP contribution is 2.51. The van der Waals surface area contributed by atoms with E-state index in [9.17, 15) is 4.79 Å². The van der Waals surface area contributed by atoms with Crippen LogP contribution in [0.25, 0.3) is 0 Å². The summed E-state index contributed by atoms with van der Waals surface area (Å²) in [6, 6.07) is 17.2. The zero-order valence-corrected chi connectivity index (χ0v) is 22.0. The Kier molecular flexibility index (Phi) is 7.33. The zero-order chi connectivity index (χ0) is 26.7. The van der Waals surface area contributed by atoms with Crippen molar-refractivity contribution in [3.63, 3.8) is 0 Å². The molecule has 5 rings (SSSR count). The number of nitrogens with zero attached hydrogens (tertiary/aromatic N) is 1. The second kappa shape index (κ2) is 10.8. The molecular formula is C30H33N3O5. The van der Waals surface area contributed by atoms with Gasteiger partial charge >= 0.3 is 0 Å². The number of ether oxygens (including phenoxy) is 4. The number of aromatic nitrogens is 1. The molecule has 1 fully saturated rings. The van der Waals surface area contributed by atoms with Crippen molar-refractivity contribution in [3.05, 3.63) is 77.5 Å². The number of methoxy groups -OCH3 is 2. The third-order valence-corrected chi connectivity index (χ3v) is 7.51. The Balaban J connectivity index is 1.38. The van der Waals surface area contributed by atoms with Crippen LogP contribution in [0.5, 0.6) is 17.2 Å². The van der Waals surface area contributed by atoms with Crippen LogP contribution in [0.1, 0.15) is 48.8 Å². The monoisotopic (exact) mass is 515 g/mol. The predicted molar refractivity (Wildman–Crippen MR) is 145 cm³/mol. The van der Waals surface area contributed by atoms with Crippen LogP contribution in [0, 0.1) is 11.3 Å². The van der Waals surface area contributed by atoms with Crippen LogP contribution in [0.2, 0.25) is 0 Å². The lowest BCUT2D eigenvalue weighted by Crippen LogP contribution is -2.28. The molecule has 1 saturated carbocycles. The molecule has 1 aliphatic heterocycles. The van der Waals surface area contributed by atoms with Crippen molar-refractivity contribution < 1.29 is 23.7 Å². The fraction of sp³-hybridized carbons (Fsp3) is 0.367. The van der Waals surface area contributed by atoms with Crippen LogP contribution in [-0.4, -0.2) is 44.2 Å². The van der Waals surface area contributed by atoms with Gasteiger partial charge in [-0.05, 0) is 66.3 Å². The molecule has 2 heterocycles. The van der Waals surface area contributed by atoms with Crippen LogP contribution >= 0.6 is 0 Å². The van der Waals surface area contributed by atoms with Crippen LogP contribution in [-0.2, 0) is 14.9 Å². The molecule has 1 aliphatic carbocycles. The summed E-state index contributed by atoms with van der Waals surface area (Å²) in [4.78, 5) is 17.9. The Morgan fingerprint density at radius 2 is 1.89 bits per heavy atom. The molecule has 0 radical (unpaired) electrons. The summed E-state index contributed by atoms with van der Waals surface area (Å²) >= 11 is 0. The Morgan fingerprint density at radius 3 is 2.58 bits per heavy atom. The second-order valence-corrected chi connectivity index (χ2v) is 9.81. The maximum atomic E-state index is 13.3. The minimum Gasteiger partial charge on any atom is -0.497 e. The Hall–Kier alpha value is -3.91. The number of carbonyl (C=O) groups is 1. The normalized spacial score (nSPS) is 16.4. The van der Waals surface area contributed by atoms with Gasteiger partial charge in [-0.3, -0.25) is 4.79 Å². The number of amides is 1. The first-order valence-corrected chi connectivity index (χ1v) is 12.9. The third-order valence-electron chi connectivity index (χ3n) is 7.51. The maximum Gasteiger partial charge on any atom is 0.236 e. The average molecular weight is 516 g/mol. The first-order chi connectivity index (χ1) is 18.5. The van der Waals surface area contributed by atoms with E-state index in [1.165, 1.54) is 0 Å². The molecular weight excluding hydrogens is 482 g/mol. The highest BCUT2D eigenvalue weighted by molar-refractivity contribution is 6.01. The number of benzene rings is 2. The van der Waals surface area contributed by atoms with Crippen molar-refractivity contribution in [2.75, 3.05) is 32.9 Å². The maximum absolute atomic E-state index is 13.3. The molecule has 2 aromatic carbocycles. The van der Waals surface area contributed by atoms with E-state index in [-0.39, 0.29) is 24.5 Å². The van der Waals surface area contributed by atoms with Gasteiger partial charge in [0, 0.05) is 30.9 Å². The fourth-order valence-corrected chi connectivity index (χ4v) is 5.09. The number of carbonyl (C=O) groups excluding carboxylic acids is 1. The summed E-state index contributed by atoms with van der Waals surface area (Å²) in [6.07, 6.45) is 4.07. The third kappa shape index (κ3) is 4.96. The summed E-state index contributed by atoms with van der Waals surface area (Å²) < 4.78 is 21.8. The van der Waals surface area contributed by atoms with E-state index in [0.29, 0.717) is 29.6 Å². The SMILES string of the molecule is CC[C@H](COC)C(=N)C(c1ccc(NC(=O)C2(c3ccc4c(c3)OCO4)CC2)nc1)c1cccc(OC)c1. The highest BCUT2D eigenvalue weighted by atomic mass is 16.7. The first kappa shape index (κ1) is 25.7. The van der Waals surface area contributed by atoms with Crippen molar-refractivity contribution in [2.24, 2.45) is 5.92 Å². The van der Waals surface area contributed by atoms with E-state index in [2.05, 4.69) is 17.2 Å². The van der Waals surface area contributed by atoms with E-state index >= 15 is 0 Å². The first-order valence-electron chi connectivity index (χ1n) is 12.9. The van der Waals surface area contributed by atoms with Crippen molar-refractivity contribution in [3.8, 4) is 17.2 Å². The fourth-order valence-electron chi connectivity index (χ4n) is 5.09. The van der Waals surface area contributed by atoms with Crippen LogP contribution in [0.15, 0.2) is 60.8 Å². The molecule has 2 N–H and O–H groups in total. The number of nitrogens with one attached hydrogen (secondary N) is 2. The number of rotatable bonds is 11. The Bertz CT molecular complexity index is 1320. The minimum atomic E-state index is -0.582. The van der Waals surface area contributed by atoms with Crippen LogP contribution < -0.4 is 19.5 Å². The van der Waals surface area contributed by atoms with Gasteiger partial charge in [0.15, 0.2) is 11.5 Å². The molecule has 1 amide bonds. The van der Waals surface area contributed by atoms with Gasteiger partial charge in [0.25, 0.3) is 0 Å². The summed E-state index contributed by atoms with van der Waals surface area (Å²) in [6.45, 7) is 2.73. The van der Waals surface area contributed by atoms with Gasteiger partial charge in [-0.15, -0.1) is 0 Å². The second-order valence-electron chi connectivity index (χ2n) is 9.81. The molecule has 1 unspecified atom stereocenters. The van der Waals surface area contributed by atoms with E-state index in [4.69, 9.17) is 24.4 Å². The molecule has 0 bridgehead atoms. The smallest absolute Gasteiger partial charge is 0.236 e. The summed E-state index contributed by atoms with van der Waals surface area (Å²) in [5, 5.41) is 12.1. The Labute approximate surface area is 222 Å². The van der Waals surface area contributed by atoms with E-state index in [0.717, 1.165) is 41.7 Å². The average Bonchev–Trinajstić information content (AvgIpc) is 3.63. The van der Waals surface area contributed by atoms with Gasteiger partial charge < -0.3 is 29.7 Å². The van der Waals surface area contributed by atoms with Gasteiger partial charge in [-0.1, -0.05) is 31.2 Å². The zero-order valence-electron chi connectivity index (χ0n) is 22.0. The highest BCUT2D eigenvalue weighted by Gasteiger charge is 2.51. The van der Waals surface area contributed by atoms with Gasteiger partial charge in [-0.2, -0.15) is 0 Å². The molecule has 0 spiro atoms. The minimum absolute atomic E-state index is 0.0352. The number of pyridine rings is 1. The molecule has 2 aliphatic rings. The van der Waals surface area contributed by atoms with E-state index < -0.39 is 5.41 Å². The largest absolute Gasteiger partial charge is 0.497 e. The number of fused-ring (bicyclic) bond motifs is 1. The van der Waals surface area contributed by atoms with Gasteiger partial charge in [0.2, 0.25) is 12.7 Å². The Morgan fingerprint density at radius 1 is 1.08 bits per heavy atom. The summed E-state index contributed by atoms with van der Waals surface area (Å²) in [5.74, 6) is 2.15. The lowest BCUT2D eigenvalue weighted by Gasteiger charge is -2.25. The quantitative estimate of drug-likeness (QED) is 0.336. The predicted octanol–water partition coefficient (Wildman–Crippen LogP) is 5.31. The van der Waals surface area contributed by atoms with Crippen molar-refractivity contribution in [1.82, 2.24) is 4.98 Å². The van der Waals surface area contributed by atoms with Crippen molar-refractivity contribution in [1.29, 1.82) is 5.41 Å². The number of hydrogen-bond donors (Lipinski definition) is 2. The standard InChI is InChI=1S/C30H33N3O5/c1-4-19(17-35-2)28(31)27(20-6-5-7-23(14-20)36-3)21-8-11-26(32-16-21)33-29(34)30(12-13-30)22-9-10-24-25(15-22)38-18-37-24/h5-11,14-16,19,27,31H,4,12-13,17-18H2,1-3H3,(H,32,33,34)/t19-,27?/m1/s1. The van der Waals surface area contributed by atoms with E-state index in [1.807, 2.05) is 48.5 Å². The topological polar surface area (TPSA) is 103 Å². The molecule has 0 saturated heterocycles.